The molecule has 2 aromatic carbocycles. The number of carbonyl (C=O) groups is 2. The van der Waals surface area contributed by atoms with Gasteiger partial charge in [-0.05, 0) is 30.3 Å². The molecule has 2 N–H and O–H groups in total. The van der Waals surface area contributed by atoms with Crippen molar-refractivity contribution < 1.29 is 9.59 Å². The maximum absolute atomic E-state index is 12.0. The van der Waals surface area contributed by atoms with E-state index in [0.29, 0.717) is 22.0 Å². The molecule has 6 heteroatoms. The first kappa shape index (κ1) is 16.8. The number of nitrogens with zero attached hydrogens (tertiary/aromatic N) is 1. The summed E-state index contributed by atoms with van der Waals surface area (Å²) < 4.78 is 0. The molecule has 2 rings (SSSR count). The van der Waals surface area contributed by atoms with Crippen molar-refractivity contribution in [3.05, 3.63) is 59.1 Å². The first-order valence-electron chi connectivity index (χ1n) is 7.07. The first-order valence-corrected chi connectivity index (χ1v) is 7.45. The van der Waals surface area contributed by atoms with Crippen LogP contribution >= 0.6 is 11.6 Å². The van der Waals surface area contributed by atoms with Gasteiger partial charge in [0, 0.05) is 25.3 Å². The van der Waals surface area contributed by atoms with Gasteiger partial charge in [0.1, 0.15) is 0 Å². The van der Waals surface area contributed by atoms with E-state index in [9.17, 15) is 9.59 Å². The second-order valence-corrected chi connectivity index (χ2v) is 5.57. The lowest BCUT2D eigenvalue weighted by Gasteiger charge is -2.12. The van der Waals surface area contributed by atoms with Crippen molar-refractivity contribution in [2.75, 3.05) is 31.3 Å². The van der Waals surface area contributed by atoms with Gasteiger partial charge in [-0.3, -0.25) is 9.59 Å². The largest absolute Gasteiger partial charge is 0.375 e. The molecule has 0 aliphatic heterocycles. The van der Waals surface area contributed by atoms with Crippen molar-refractivity contribution >= 4 is 34.8 Å². The molecule has 0 fully saturated rings. The average molecular weight is 332 g/mol. The van der Waals surface area contributed by atoms with Gasteiger partial charge < -0.3 is 15.5 Å². The second-order valence-electron chi connectivity index (χ2n) is 5.16. The number of hydrogen-bond acceptors (Lipinski definition) is 3. The quantitative estimate of drug-likeness (QED) is 0.885. The first-order chi connectivity index (χ1) is 11.0. The normalized spacial score (nSPS) is 10.0. The summed E-state index contributed by atoms with van der Waals surface area (Å²) in [6.45, 7) is 0.0790. The van der Waals surface area contributed by atoms with E-state index < -0.39 is 0 Å². The molecule has 0 aliphatic rings. The van der Waals surface area contributed by atoms with Crippen LogP contribution in [-0.2, 0) is 4.79 Å². The Balaban J connectivity index is 1.97. The van der Waals surface area contributed by atoms with Crippen LogP contribution in [-0.4, -0.2) is 37.4 Å². The highest BCUT2D eigenvalue weighted by atomic mass is 35.5. The minimum Gasteiger partial charge on any atom is -0.375 e. The van der Waals surface area contributed by atoms with E-state index in [2.05, 4.69) is 10.6 Å². The summed E-state index contributed by atoms with van der Waals surface area (Å²) in [7, 11) is 3.36. The van der Waals surface area contributed by atoms with E-state index >= 15 is 0 Å². The fourth-order valence-electron chi connectivity index (χ4n) is 1.97. The van der Waals surface area contributed by atoms with Crippen molar-refractivity contribution in [2.24, 2.45) is 0 Å². The standard InChI is InChI=1S/C17H18ClN3O2/c1-21(2)17(23)12-6-5-7-13(10-12)20-16(22)11-19-15-9-4-3-8-14(15)18/h3-10,19H,11H2,1-2H3,(H,20,22). The maximum Gasteiger partial charge on any atom is 0.253 e. The Hall–Kier alpha value is -2.53. The zero-order valence-electron chi connectivity index (χ0n) is 13.0. The number of para-hydroxylation sites is 1. The van der Waals surface area contributed by atoms with Crippen LogP contribution in [0.15, 0.2) is 48.5 Å². The van der Waals surface area contributed by atoms with Crippen molar-refractivity contribution in [1.29, 1.82) is 0 Å². The fourth-order valence-corrected chi connectivity index (χ4v) is 2.18. The molecule has 0 bridgehead atoms. The van der Waals surface area contributed by atoms with Crippen LogP contribution in [0.4, 0.5) is 11.4 Å². The predicted molar refractivity (Wildman–Crippen MR) is 93.0 cm³/mol. The van der Waals surface area contributed by atoms with E-state index in [1.165, 1.54) is 4.90 Å². The molecular weight excluding hydrogens is 314 g/mol. The highest BCUT2D eigenvalue weighted by molar-refractivity contribution is 6.33. The zero-order chi connectivity index (χ0) is 16.8. The SMILES string of the molecule is CN(C)C(=O)c1cccc(NC(=O)CNc2ccccc2Cl)c1. The van der Waals surface area contributed by atoms with Gasteiger partial charge in [-0.1, -0.05) is 29.8 Å². The summed E-state index contributed by atoms with van der Waals surface area (Å²) in [6.07, 6.45) is 0. The number of nitrogens with one attached hydrogen (secondary N) is 2. The van der Waals surface area contributed by atoms with Crippen LogP contribution in [0.1, 0.15) is 10.4 Å². The molecule has 5 nitrogen and oxygen atoms in total. The Kier molecular flexibility index (Phi) is 5.60. The molecule has 2 aromatic rings. The molecule has 0 unspecified atom stereocenters. The average Bonchev–Trinajstić information content (AvgIpc) is 2.53. The molecule has 0 heterocycles. The Morgan fingerprint density at radius 2 is 1.83 bits per heavy atom. The summed E-state index contributed by atoms with van der Waals surface area (Å²) in [5, 5.41) is 6.27. The number of benzene rings is 2. The van der Waals surface area contributed by atoms with E-state index in [0.717, 1.165) is 0 Å². The molecule has 0 atom stereocenters. The van der Waals surface area contributed by atoms with E-state index in [1.807, 2.05) is 12.1 Å². The lowest BCUT2D eigenvalue weighted by Crippen LogP contribution is -2.23. The molecule has 2 amide bonds. The van der Waals surface area contributed by atoms with Crippen molar-refractivity contribution in [3.63, 3.8) is 0 Å². The maximum atomic E-state index is 12.0. The van der Waals surface area contributed by atoms with Crippen LogP contribution < -0.4 is 10.6 Å². The third kappa shape index (κ3) is 4.72. The summed E-state index contributed by atoms with van der Waals surface area (Å²) in [5.41, 5.74) is 1.79. The predicted octanol–water partition coefficient (Wildman–Crippen LogP) is 3.09. The van der Waals surface area contributed by atoms with E-state index in [4.69, 9.17) is 11.6 Å². The third-order valence-corrected chi connectivity index (χ3v) is 3.44. The van der Waals surface area contributed by atoms with Crippen molar-refractivity contribution in [3.8, 4) is 0 Å². The van der Waals surface area contributed by atoms with Crippen LogP contribution in [0.25, 0.3) is 0 Å². The zero-order valence-corrected chi connectivity index (χ0v) is 13.7. The molecule has 0 aromatic heterocycles. The summed E-state index contributed by atoms with van der Waals surface area (Å²) in [6, 6.07) is 14.0. The van der Waals surface area contributed by atoms with Crippen molar-refractivity contribution in [1.82, 2.24) is 4.90 Å². The Bertz CT molecular complexity index is 716. The van der Waals surface area contributed by atoms with Crippen molar-refractivity contribution in [2.45, 2.75) is 0 Å². The van der Waals surface area contributed by atoms with Gasteiger partial charge in [0.15, 0.2) is 0 Å². The highest BCUT2D eigenvalue weighted by Crippen LogP contribution is 2.20. The highest BCUT2D eigenvalue weighted by Gasteiger charge is 2.09. The number of carbonyl (C=O) groups excluding carboxylic acids is 2. The van der Waals surface area contributed by atoms with Crippen LogP contribution in [0.3, 0.4) is 0 Å². The number of hydrogen-bond donors (Lipinski definition) is 2. The number of anilines is 2. The lowest BCUT2D eigenvalue weighted by molar-refractivity contribution is -0.114. The van der Waals surface area contributed by atoms with Gasteiger partial charge in [0.05, 0.1) is 17.3 Å². The molecule has 0 saturated heterocycles. The molecular formula is C17H18ClN3O2. The summed E-state index contributed by atoms with van der Waals surface area (Å²) >= 11 is 6.02. The molecule has 23 heavy (non-hydrogen) atoms. The Morgan fingerprint density at radius 1 is 1.09 bits per heavy atom. The Labute approximate surface area is 140 Å². The number of rotatable bonds is 5. The molecule has 0 spiro atoms. The van der Waals surface area contributed by atoms with Gasteiger partial charge in [-0.25, -0.2) is 0 Å². The monoisotopic (exact) mass is 331 g/mol. The molecule has 0 saturated carbocycles. The van der Waals surface area contributed by atoms with Crippen LogP contribution in [0.2, 0.25) is 5.02 Å². The van der Waals surface area contributed by atoms with Gasteiger partial charge in [0.2, 0.25) is 5.91 Å². The third-order valence-electron chi connectivity index (χ3n) is 3.11. The second kappa shape index (κ2) is 7.65. The van der Waals surface area contributed by atoms with Gasteiger partial charge in [-0.2, -0.15) is 0 Å². The summed E-state index contributed by atoms with van der Waals surface area (Å²) in [5.74, 6) is -0.338. The number of amides is 2. The van der Waals surface area contributed by atoms with E-state index in [-0.39, 0.29) is 18.4 Å². The molecule has 120 valence electrons. The van der Waals surface area contributed by atoms with Gasteiger partial charge >= 0.3 is 0 Å². The number of halogens is 1. The minimum absolute atomic E-state index is 0.0790. The van der Waals surface area contributed by atoms with Crippen LogP contribution in [0.5, 0.6) is 0 Å². The van der Waals surface area contributed by atoms with Crippen LogP contribution in [0, 0.1) is 0 Å². The minimum atomic E-state index is -0.223. The van der Waals surface area contributed by atoms with E-state index in [1.54, 1.807) is 50.5 Å². The molecule has 0 radical (unpaired) electrons. The Morgan fingerprint density at radius 3 is 2.52 bits per heavy atom. The molecule has 0 aliphatic carbocycles. The lowest BCUT2D eigenvalue weighted by atomic mass is 10.2. The fraction of sp³-hybridized carbons (Fsp3) is 0.176. The van der Waals surface area contributed by atoms with Gasteiger partial charge in [-0.15, -0.1) is 0 Å². The topological polar surface area (TPSA) is 61.4 Å². The summed E-state index contributed by atoms with van der Waals surface area (Å²) in [4.78, 5) is 25.4. The van der Waals surface area contributed by atoms with Gasteiger partial charge in [0.25, 0.3) is 5.91 Å². The smallest absolute Gasteiger partial charge is 0.253 e.